The van der Waals surface area contributed by atoms with E-state index in [1.807, 2.05) is 41.4 Å². The maximum Gasteiger partial charge on any atom is 0.227 e. The lowest BCUT2D eigenvalue weighted by Crippen LogP contribution is -2.41. The molecule has 1 amide bonds. The molecule has 0 radical (unpaired) electrons. The Labute approximate surface area is 143 Å². The third-order valence-electron chi connectivity index (χ3n) is 4.65. The number of amides is 1. The van der Waals surface area contributed by atoms with Gasteiger partial charge in [0.1, 0.15) is 5.75 Å². The number of piperidine rings is 1. The summed E-state index contributed by atoms with van der Waals surface area (Å²) in [6, 6.07) is 11.8. The molecular weight excluding hydrogens is 300 g/mol. The Kier molecular flexibility index (Phi) is 5.47. The van der Waals surface area contributed by atoms with Crippen LogP contribution in [-0.4, -0.2) is 36.0 Å². The predicted octanol–water partition coefficient (Wildman–Crippen LogP) is 3.11. The van der Waals surface area contributed by atoms with Crippen molar-refractivity contribution in [3.63, 3.8) is 0 Å². The van der Waals surface area contributed by atoms with Crippen molar-refractivity contribution in [3.05, 3.63) is 59.9 Å². The van der Waals surface area contributed by atoms with E-state index in [4.69, 9.17) is 4.74 Å². The number of methoxy groups -OCH3 is 1. The zero-order valence-electron chi connectivity index (χ0n) is 14.1. The maximum atomic E-state index is 12.7. The second-order valence-corrected chi connectivity index (χ2v) is 6.40. The molecule has 1 aliphatic heterocycles. The molecule has 1 saturated heterocycles. The SMILES string of the molecule is COc1ccccc1CC(=O)N1CCCC(Cc2cccnc2)C1. The normalized spacial score (nSPS) is 17.5. The smallest absolute Gasteiger partial charge is 0.227 e. The number of para-hydroxylation sites is 1. The van der Waals surface area contributed by atoms with Crippen molar-refractivity contribution in [1.82, 2.24) is 9.88 Å². The molecule has 1 aromatic heterocycles. The Hall–Kier alpha value is -2.36. The van der Waals surface area contributed by atoms with Crippen LogP contribution in [0, 0.1) is 5.92 Å². The average Bonchev–Trinajstić information content (AvgIpc) is 2.63. The third-order valence-corrected chi connectivity index (χ3v) is 4.65. The summed E-state index contributed by atoms with van der Waals surface area (Å²) in [4.78, 5) is 18.9. The van der Waals surface area contributed by atoms with Crippen LogP contribution < -0.4 is 4.74 Å². The van der Waals surface area contributed by atoms with Crippen molar-refractivity contribution in [2.24, 2.45) is 5.92 Å². The largest absolute Gasteiger partial charge is 0.496 e. The lowest BCUT2D eigenvalue weighted by molar-refractivity contribution is -0.132. The van der Waals surface area contributed by atoms with Crippen molar-refractivity contribution >= 4 is 5.91 Å². The summed E-state index contributed by atoms with van der Waals surface area (Å²) in [5.74, 6) is 1.50. The van der Waals surface area contributed by atoms with Crippen LogP contribution in [0.3, 0.4) is 0 Å². The quantitative estimate of drug-likeness (QED) is 0.849. The van der Waals surface area contributed by atoms with Crippen molar-refractivity contribution in [3.8, 4) is 5.75 Å². The summed E-state index contributed by atoms with van der Waals surface area (Å²) in [6.07, 6.45) is 7.37. The number of pyridine rings is 1. The molecule has 1 aliphatic rings. The summed E-state index contributed by atoms with van der Waals surface area (Å²) in [6.45, 7) is 1.69. The molecule has 4 heteroatoms. The van der Waals surface area contributed by atoms with E-state index in [1.54, 1.807) is 13.3 Å². The molecule has 1 atom stereocenters. The Morgan fingerprint density at radius 2 is 2.17 bits per heavy atom. The highest BCUT2D eigenvalue weighted by Gasteiger charge is 2.24. The van der Waals surface area contributed by atoms with Crippen molar-refractivity contribution in [1.29, 1.82) is 0 Å². The Bertz CT molecular complexity index is 672. The Balaban J connectivity index is 1.60. The Morgan fingerprint density at radius 3 is 2.96 bits per heavy atom. The number of nitrogens with zero attached hydrogens (tertiary/aromatic N) is 2. The zero-order valence-corrected chi connectivity index (χ0v) is 14.1. The topological polar surface area (TPSA) is 42.4 Å². The van der Waals surface area contributed by atoms with Gasteiger partial charge in [0.25, 0.3) is 0 Å². The number of benzene rings is 1. The van der Waals surface area contributed by atoms with Gasteiger partial charge < -0.3 is 9.64 Å². The maximum absolute atomic E-state index is 12.7. The lowest BCUT2D eigenvalue weighted by Gasteiger charge is -2.33. The molecule has 0 aliphatic carbocycles. The summed E-state index contributed by atoms with van der Waals surface area (Å²) in [7, 11) is 1.65. The number of rotatable bonds is 5. The minimum Gasteiger partial charge on any atom is -0.496 e. The molecule has 2 heterocycles. The lowest BCUT2D eigenvalue weighted by atomic mass is 9.91. The van der Waals surface area contributed by atoms with Gasteiger partial charge in [-0.2, -0.15) is 0 Å². The van der Waals surface area contributed by atoms with Crippen LogP contribution in [0.1, 0.15) is 24.0 Å². The predicted molar refractivity (Wildman–Crippen MR) is 93.9 cm³/mol. The molecule has 0 saturated carbocycles. The number of carbonyl (C=O) groups is 1. The first-order valence-corrected chi connectivity index (χ1v) is 8.55. The molecule has 0 spiro atoms. The van der Waals surface area contributed by atoms with E-state index < -0.39 is 0 Å². The fraction of sp³-hybridized carbons (Fsp3) is 0.400. The highest BCUT2D eigenvalue weighted by molar-refractivity contribution is 5.79. The van der Waals surface area contributed by atoms with Gasteiger partial charge in [0, 0.05) is 31.0 Å². The number of ether oxygens (including phenoxy) is 1. The summed E-state index contributed by atoms with van der Waals surface area (Å²) >= 11 is 0. The summed E-state index contributed by atoms with van der Waals surface area (Å²) < 4.78 is 5.36. The molecule has 1 unspecified atom stereocenters. The first kappa shape index (κ1) is 16.5. The number of aromatic nitrogens is 1. The summed E-state index contributed by atoms with van der Waals surface area (Å²) in [5, 5.41) is 0. The van der Waals surface area contributed by atoms with E-state index in [9.17, 15) is 4.79 Å². The number of likely N-dealkylation sites (tertiary alicyclic amines) is 1. The van der Waals surface area contributed by atoms with Gasteiger partial charge in [-0.25, -0.2) is 0 Å². The molecule has 0 bridgehead atoms. The molecule has 1 fully saturated rings. The third kappa shape index (κ3) is 4.13. The molecular formula is C20H24N2O2. The van der Waals surface area contributed by atoms with E-state index in [-0.39, 0.29) is 5.91 Å². The standard InChI is InChI=1S/C20H24N2O2/c1-24-19-9-3-2-8-18(19)13-20(23)22-11-5-7-17(15-22)12-16-6-4-10-21-14-16/h2-4,6,8-10,14,17H,5,7,11-13,15H2,1H3. The second-order valence-electron chi connectivity index (χ2n) is 6.40. The summed E-state index contributed by atoms with van der Waals surface area (Å²) in [5.41, 5.74) is 2.21. The van der Waals surface area contributed by atoms with E-state index in [0.717, 1.165) is 37.2 Å². The second kappa shape index (κ2) is 7.95. The van der Waals surface area contributed by atoms with E-state index in [0.29, 0.717) is 12.3 Å². The van der Waals surface area contributed by atoms with Gasteiger partial charge >= 0.3 is 0 Å². The highest BCUT2D eigenvalue weighted by atomic mass is 16.5. The van der Waals surface area contributed by atoms with Gasteiger partial charge in [-0.1, -0.05) is 24.3 Å². The molecule has 24 heavy (non-hydrogen) atoms. The van der Waals surface area contributed by atoms with Crippen LogP contribution in [0.25, 0.3) is 0 Å². The van der Waals surface area contributed by atoms with E-state index in [1.165, 1.54) is 12.0 Å². The van der Waals surface area contributed by atoms with Gasteiger partial charge in [-0.15, -0.1) is 0 Å². The van der Waals surface area contributed by atoms with Crippen molar-refractivity contribution in [2.75, 3.05) is 20.2 Å². The van der Waals surface area contributed by atoms with Crippen LogP contribution in [0.5, 0.6) is 5.75 Å². The van der Waals surface area contributed by atoms with Gasteiger partial charge in [0.15, 0.2) is 0 Å². The van der Waals surface area contributed by atoms with Gasteiger partial charge in [0.05, 0.1) is 13.5 Å². The average molecular weight is 324 g/mol. The van der Waals surface area contributed by atoms with Gasteiger partial charge in [-0.05, 0) is 42.9 Å². The number of carbonyl (C=O) groups excluding carboxylic acids is 1. The van der Waals surface area contributed by atoms with E-state index >= 15 is 0 Å². The van der Waals surface area contributed by atoms with E-state index in [2.05, 4.69) is 11.1 Å². The van der Waals surface area contributed by atoms with Crippen molar-refractivity contribution in [2.45, 2.75) is 25.7 Å². The fourth-order valence-corrected chi connectivity index (χ4v) is 3.43. The molecule has 4 nitrogen and oxygen atoms in total. The monoisotopic (exact) mass is 324 g/mol. The number of hydrogen-bond acceptors (Lipinski definition) is 3. The molecule has 3 rings (SSSR count). The van der Waals surface area contributed by atoms with Crippen LogP contribution >= 0.6 is 0 Å². The van der Waals surface area contributed by atoms with Gasteiger partial charge in [-0.3, -0.25) is 9.78 Å². The first-order chi connectivity index (χ1) is 11.8. The Morgan fingerprint density at radius 1 is 1.29 bits per heavy atom. The molecule has 126 valence electrons. The molecule has 1 aromatic carbocycles. The first-order valence-electron chi connectivity index (χ1n) is 8.55. The van der Waals surface area contributed by atoms with Crippen LogP contribution in [0.2, 0.25) is 0 Å². The number of hydrogen-bond donors (Lipinski definition) is 0. The molecule has 2 aromatic rings. The minimum absolute atomic E-state index is 0.190. The zero-order chi connectivity index (χ0) is 16.8. The highest BCUT2D eigenvalue weighted by Crippen LogP contribution is 2.23. The fourth-order valence-electron chi connectivity index (χ4n) is 3.43. The van der Waals surface area contributed by atoms with Crippen LogP contribution in [0.15, 0.2) is 48.8 Å². The van der Waals surface area contributed by atoms with Crippen LogP contribution in [0.4, 0.5) is 0 Å². The van der Waals surface area contributed by atoms with Crippen molar-refractivity contribution < 1.29 is 9.53 Å². The molecule has 0 N–H and O–H groups in total. The van der Waals surface area contributed by atoms with Crippen LogP contribution in [-0.2, 0) is 17.6 Å². The van der Waals surface area contributed by atoms with Gasteiger partial charge in [0.2, 0.25) is 5.91 Å². The minimum atomic E-state index is 0.190.